The molecule has 0 aliphatic rings. The number of rotatable bonds is 7. The van der Waals surface area contributed by atoms with E-state index in [0.29, 0.717) is 29.3 Å². The maximum atomic E-state index is 13.7. The second-order valence-electron chi connectivity index (χ2n) is 7.74. The third kappa shape index (κ3) is 4.09. The van der Waals surface area contributed by atoms with Gasteiger partial charge in [0.25, 0.3) is 5.56 Å². The van der Waals surface area contributed by atoms with E-state index in [1.807, 2.05) is 45.2 Å². The second-order valence-corrected chi connectivity index (χ2v) is 9.89. The van der Waals surface area contributed by atoms with Crippen LogP contribution >= 0.6 is 22.7 Å². The molecule has 0 aliphatic carbocycles. The summed E-state index contributed by atoms with van der Waals surface area (Å²) in [5, 5.41) is 2.67. The number of hydrogen-bond acceptors (Lipinski definition) is 6. The first kappa shape index (κ1) is 21.5. The van der Waals surface area contributed by atoms with E-state index in [1.54, 1.807) is 33.4 Å². The van der Waals surface area contributed by atoms with Crippen LogP contribution in [0.3, 0.4) is 0 Å². The van der Waals surface area contributed by atoms with Crippen LogP contribution in [0.15, 0.2) is 39.4 Å². The zero-order chi connectivity index (χ0) is 22.1. The van der Waals surface area contributed by atoms with Crippen molar-refractivity contribution in [3.8, 4) is 16.2 Å². The highest BCUT2D eigenvalue weighted by atomic mass is 32.1. The summed E-state index contributed by atoms with van der Waals surface area (Å²) in [7, 11) is 0. The minimum absolute atomic E-state index is 0.0589. The van der Waals surface area contributed by atoms with Crippen LogP contribution in [0.25, 0.3) is 20.7 Å². The van der Waals surface area contributed by atoms with E-state index in [4.69, 9.17) is 9.72 Å². The van der Waals surface area contributed by atoms with Crippen molar-refractivity contribution in [1.82, 2.24) is 14.5 Å². The Labute approximate surface area is 188 Å². The number of thiophene rings is 2. The van der Waals surface area contributed by atoms with E-state index in [0.717, 1.165) is 26.6 Å². The van der Waals surface area contributed by atoms with Crippen LogP contribution in [-0.2, 0) is 6.54 Å². The minimum atomic E-state index is -0.193. The topological polar surface area (TPSA) is 77.0 Å². The number of H-pyrrole nitrogens is 1. The fourth-order valence-electron chi connectivity index (χ4n) is 3.61. The van der Waals surface area contributed by atoms with Gasteiger partial charge >= 0.3 is 0 Å². The summed E-state index contributed by atoms with van der Waals surface area (Å²) in [5.41, 5.74) is 1.34. The van der Waals surface area contributed by atoms with Crippen LogP contribution in [-0.4, -0.2) is 21.1 Å². The molecule has 162 valence electrons. The Kier molecular flexibility index (Phi) is 6.11. The number of pyridine rings is 1. The van der Waals surface area contributed by atoms with Crippen molar-refractivity contribution < 1.29 is 4.74 Å². The quantitative estimate of drug-likeness (QED) is 0.418. The van der Waals surface area contributed by atoms with Crippen LogP contribution in [0.1, 0.15) is 49.5 Å². The smallest absolute Gasteiger partial charge is 0.263 e. The standard InChI is InChI=1S/C23H25N3O3S2/c1-5-8-29-17-11-24-15(10-16(17)27)12-26-21(13(2)3)25-22-20(23(26)28)19(14(4)31-22)18-7-6-9-30-18/h6-7,9-11,13H,5,8,12H2,1-4H3,(H,24,27). The summed E-state index contributed by atoms with van der Waals surface area (Å²) in [5.74, 6) is 1.07. The number of aromatic nitrogens is 3. The third-order valence-electron chi connectivity index (χ3n) is 5.03. The molecule has 0 saturated heterocycles. The highest BCUT2D eigenvalue weighted by molar-refractivity contribution is 7.20. The van der Waals surface area contributed by atoms with Crippen molar-refractivity contribution in [1.29, 1.82) is 0 Å². The number of aryl methyl sites for hydroxylation is 1. The Hall–Kier alpha value is -2.71. The van der Waals surface area contributed by atoms with Gasteiger partial charge in [-0.25, -0.2) is 4.98 Å². The van der Waals surface area contributed by atoms with Crippen molar-refractivity contribution in [2.45, 2.75) is 46.6 Å². The van der Waals surface area contributed by atoms with E-state index < -0.39 is 0 Å². The number of ether oxygens (including phenoxy) is 1. The number of hydrogen-bond donors (Lipinski definition) is 1. The lowest BCUT2D eigenvalue weighted by atomic mass is 10.1. The van der Waals surface area contributed by atoms with Crippen LogP contribution in [0.4, 0.5) is 0 Å². The number of aromatic amines is 1. The Morgan fingerprint density at radius 2 is 2.10 bits per heavy atom. The summed E-state index contributed by atoms with van der Waals surface area (Å²) in [6.07, 6.45) is 2.40. The first-order chi connectivity index (χ1) is 14.9. The molecule has 0 bridgehead atoms. The van der Waals surface area contributed by atoms with E-state index >= 15 is 0 Å². The Morgan fingerprint density at radius 3 is 2.74 bits per heavy atom. The predicted octanol–water partition coefficient (Wildman–Crippen LogP) is 5.14. The van der Waals surface area contributed by atoms with Gasteiger partial charge in [-0.15, -0.1) is 22.7 Å². The molecule has 6 nitrogen and oxygen atoms in total. The van der Waals surface area contributed by atoms with Gasteiger partial charge in [0.15, 0.2) is 5.75 Å². The molecule has 0 saturated carbocycles. The molecule has 0 radical (unpaired) electrons. The number of nitrogens with one attached hydrogen (secondary N) is 1. The molecule has 0 aromatic carbocycles. The number of nitrogens with zero attached hydrogens (tertiary/aromatic N) is 2. The Morgan fingerprint density at radius 1 is 1.29 bits per heavy atom. The predicted molar refractivity (Wildman–Crippen MR) is 128 cm³/mol. The fourth-order valence-corrected chi connectivity index (χ4v) is 5.54. The largest absolute Gasteiger partial charge is 0.488 e. The van der Waals surface area contributed by atoms with Crippen molar-refractivity contribution in [2.75, 3.05) is 6.61 Å². The Balaban J connectivity index is 1.85. The van der Waals surface area contributed by atoms with Crippen molar-refractivity contribution in [3.63, 3.8) is 0 Å². The van der Waals surface area contributed by atoms with E-state index in [1.165, 1.54) is 6.07 Å². The van der Waals surface area contributed by atoms with E-state index in [-0.39, 0.29) is 23.5 Å². The summed E-state index contributed by atoms with van der Waals surface area (Å²) >= 11 is 3.18. The zero-order valence-electron chi connectivity index (χ0n) is 18.0. The minimum Gasteiger partial charge on any atom is -0.488 e. The van der Waals surface area contributed by atoms with Crippen molar-refractivity contribution in [3.05, 3.63) is 66.7 Å². The van der Waals surface area contributed by atoms with E-state index in [2.05, 4.69) is 4.98 Å². The van der Waals surface area contributed by atoms with E-state index in [9.17, 15) is 9.59 Å². The van der Waals surface area contributed by atoms with Gasteiger partial charge in [0.1, 0.15) is 10.7 Å². The maximum absolute atomic E-state index is 13.7. The average molecular weight is 456 g/mol. The molecule has 0 aliphatic heterocycles. The van der Waals surface area contributed by atoms with Gasteiger partial charge in [0.05, 0.1) is 18.5 Å². The monoisotopic (exact) mass is 455 g/mol. The summed E-state index contributed by atoms with van der Waals surface area (Å²) in [6.45, 7) is 8.81. The molecular formula is C23H25N3O3S2. The van der Waals surface area contributed by atoms with Crippen LogP contribution < -0.4 is 15.7 Å². The third-order valence-corrected chi connectivity index (χ3v) is 6.91. The van der Waals surface area contributed by atoms with Gasteiger partial charge in [-0.05, 0) is 24.8 Å². The highest BCUT2D eigenvalue weighted by Crippen LogP contribution is 2.38. The van der Waals surface area contributed by atoms with Gasteiger partial charge in [0, 0.05) is 39.2 Å². The molecule has 0 spiro atoms. The summed E-state index contributed by atoms with van der Waals surface area (Å²) < 4.78 is 7.16. The van der Waals surface area contributed by atoms with Crippen molar-refractivity contribution in [2.24, 2.45) is 0 Å². The van der Waals surface area contributed by atoms with Gasteiger partial charge in [0.2, 0.25) is 5.43 Å². The van der Waals surface area contributed by atoms with Crippen LogP contribution in [0, 0.1) is 6.92 Å². The normalized spacial score (nSPS) is 11.5. The van der Waals surface area contributed by atoms with Gasteiger partial charge in [-0.2, -0.15) is 0 Å². The molecule has 0 fully saturated rings. The lowest BCUT2D eigenvalue weighted by Crippen LogP contribution is -2.27. The number of fused-ring (bicyclic) bond motifs is 1. The summed E-state index contributed by atoms with van der Waals surface area (Å²) in [4.78, 5) is 37.0. The molecule has 8 heteroatoms. The maximum Gasteiger partial charge on any atom is 0.263 e. The molecule has 4 aromatic rings. The van der Waals surface area contributed by atoms with Gasteiger partial charge in [-0.3, -0.25) is 14.2 Å². The SMILES string of the molecule is CCCOc1c[nH]c(Cn2c(C(C)C)nc3sc(C)c(-c4cccs4)c3c2=O)cc1=O. The van der Waals surface area contributed by atoms with Gasteiger partial charge < -0.3 is 9.72 Å². The molecule has 0 unspecified atom stereocenters. The molecule has 0 amide bonds. The Bertz CT molecular complexity index is 1330. The first-order valence-electron chi connectivity index (χ1n) is 10.3. The molecular weight excluding hydrogens is 430 g/mol. The summed E-state index contributed by atoms with van der Waals surface area (Å²) in [6, 6.07) is 5.53. The highest BCUT2D eigenvalue weighted by Gasteiger charge is 2.21. The second kappa shape index (κ2) is 8.80. The molecule has 4 rings (SSSR count). The average Bonchev–Trinajstić information content (AvgIpc) is 3.36. The lowest BCUT2D eigenvalue weighted by Gasteiger charge is -2.15. The van der Waals surface area contributed by atoms with Gasteiger partial charge in [-0.1, -0.05) is 26.8 Å². The molecule has 0 atom stereocenters. The molecule has 4 aromatic heterocycles. The van der Waals surface area contributed by atoms with Crippen LogP contribution in [0.5, 0.6) is 5.75 Å². The zero-order valence-corrected chi connectivity index (χ0v) is 19.7. The molecule has 31 heavy (non-hydrogen) atoms. The lowest BCUT2D eigenvalue weighted by molar-refractivity contribution is 0.313. The molecule has 4 heterocycles. The fraction of sp³-hybridized carbons (Fsp3) is 0.348. The molecule has 1 N–H and O–H groups in total. The van der Waals surface area contributed by atoms with Crippen LogP contribution in [0.2, 0.25) is 0 Å². The first-order valence-corrected chi connectivity index (χ1v) is 12.0. The van der Waals surface area contributed by atoms with Crippen molar-refractivity contribution >= 4 is 32.9 Å².